The molecule has 0 spiro atoms. The van der Waals surface area contributed by atoms with Gasteiger partial charge in [0.15, 0.2) is 5.78 Å². The van der Waals surface area contributed by atoms with Gasteiger partial charge in [-0.25, -0.2) is 9.80 Å². The molecule has 2 aliphatic rings. The van der Waals surface area contributed by atoms with Gasteiger partial charge in [0.2, 0.25) is 5.76 Å². The fourth-order valence-electron chi connectivity index (χ4n) is 5.13. The summed E-state index contributed by atoms with van der Waals surface area (Å²) in [5.41, 5.74) is 0.158. The van der Waals surface area contributed by atoms with E-state index < -0.39 is 47.9 Å². The van der Waals surface area contributed by atoms with Crippen molar-refractivity contribution in [3.05, 3.63) is 87.8 Å². The van der Waals surface area contributed by atoms with E-state index in [1.54, 1.807) is 6.07 Å². The number of hydrogen-bond donors (Lipinski definition) is 0. The number of rotatable bonds is 7. The SMILES string of the molecule is C[C@@H]1CC[C@H]2C(=O)N(N(CC(=O)c3ccc(OC(=O)c4ccco4)cc3)C(=O)c3ccc(Cl)cc3Cl)C(=O)[C@@H]2C1. The number of carbonyl (C=O) groups is 5. The van der Waals surface area contributed by atoms with E-state index in [0.717, 1.165) is 16.4 Å². The molecule has 1 saturated heterocycles. The summed E-state index contributed by atoms with van der Waals surface area (Å²) in [5.74, 6) is -3.70. The third kappa shape index (κ3) is 5.39. The number of imide groups is 1. The van der Waals surface area contributed by atoms with Crippen molar-refractivity contribution in [2.24, 2.45) is 17.8 Å². The van der Waals surface area contributed by atoms with Gasteiger partial charge in [-0.05, 0) is 79.8 Å². The van der Waals surface area contributed by atoms with Gasteiger partial charge in [-0.3, -0.25) is 19.2 Å². The molecule has 0 unspecified atom stereocenters. The minimum atomic E-state index is -0.785. The van der Waals surface area contributed by atoms with Crippen molar-refractivity contribution >= 4 is 52.7 Å². The Morgan fingerprint density at radius 2 is 1.73 bits per heavy atom. The van der Waals surface area contributed by atoms with E-state index in [-0.39, 0.29) is 33.6 Å². The molecule has 3 aromatic rings. The number of esters is 1. The van der Waals surface area contributed by atoms with Crippen molar-refractivity contribution < 1.29 is 33.1 Å². The van der Waals surface area contributed by atoms with Crippen molar-refractivity contribution in [1.29, 1.82) is 0 Å². The van der Waals surface area contributed by atoms with Crippen LogP contribution in [-0.4, -0.2) is 46.0 Å². The minimum absolute atomic E-state index is 0.0112. The first kappa shape index (κ1) is 27.6. The van der Waals surface area contributed by atoms with Gasteiger partial charge in [0.1, 0.15) is 12.3 Å². The Balaban J connectivity index is 1.41. The fourth-order valence-corrected chi connectivity index (χ4v) is 5.62. The van der Waals surface area contributed by atoms with Crippen LogP contribution < -0.4 is 4.74 Å². The second-order valence-corrected chi connectivity index (χ2v) is 10.8. The number of Topliss-reactive ketones (excluding diaryl/α,β-unsaturated/α-hetero) is 1. The average molecular weight is 583 g/mol. The van der Waals surface area contributed by atoms with Crippen molar-refractivity contribution in [3.8, 4) is 5.75 Å². The molecular weight excluding hydrogens is 559 g/mol. The maximum Gasteiger partial charge on any atom is 0.379 e. The van der Waals surface area contributed by atoms with Gasteiger partial charge in [0.25, 0.3) is 17.7 Å². The molecule has 1 aromatic heterocycles. The molecule has 2 aromatic carbocycles. The molecule has 1 aliphatic carbocycles. The predicted molar refractivity (Wildman–Crippen MR) is 144 cm³/mol. The molecule has 5 rings (SSSR count). The number of benzene rings is 2. The van der Waals surface area contributed by atoms with Gasteiger partial charge >= 0.3 is 5.97 Å². The summed E-state index contributed by atoms with van der Waals surface area (Å²) in [6, 6.07) is 12.9. The topological polar surface area (TPSA) is 114 Å². The first-order valence-corrected chi connectivity index (χ1v) is 13.4. The summed E-state index contributed by atoms with van der Waals surface area (Å²) in [6.07, 6.45) is 3.19. The third-order valence-electron chi connectivity index (χ3n) is 7.20. The number of ketones is 1. The molecule has 3 atom stereocenters. The normalized spacial score (nSPS) is 20.3. The summed E-state index contributed by atoms with van der Waals surface area (Å²) in [7, 11) is 0. The van der Waals surface area contributed by atoms with Crippen LogP contribution in [0.4, 0.5) is 0 Å². The van der Waals surface area contributed by atoms with Crippen molar-refractivity contribution in [2.45, 2.75) is 26.2 Å². The van der Waals surface area contributed by atoms with Crippen LogP contribution in [0.2, 0.25) is 10.0 Å². The van der Waals surface area contributed by atoms with Gasteiger partial charge < -0.3 is 9.15 Å². The molecular formula is C29H24Cl2N2O7. The van der Waals surface area contributed by atoms with Crippen molar-refractivity contribution in [3.63, 3.8) is 0 Å². The highest BCUT2D eigenvalue weighted by Crippen LogP contribution is 2.41. The molecule has 0 bridgehead atoms. The highest BCUT2D eigenvalue weighted by Gasteiger charge is 2.53. The Morgan fingerprint density at radius 3 is 2.40 bits per heavy atom. The smallest absolute Gasteiger partial charge is 0.379 e. The van der Waals surface area contributed by atoms with E-state index in [2.05, 4.69) is 0 Å². The van der Waals surface area contributed by atoms with Gasteiger partial charge in [0.05, 0.1) is 28.7 Å². The largest absolute Gasteiger partial charge is 0.457 e. The Hall–Kier alpha value is -3.95. The van der Waals surface area contributed by atoms with Crippen molar-refractivity contribution in [2.75, 3.05) is 6.54 Å². The van der Waals surface area contributed by atoms with E-state index in [4.69, 9.17) is 32.4 Å². The molecule has 2 fully saturated rings. The number of hydrazine groups is 1. The van der Waals surface area contributed by atoms with Gasteiger partial charge in [-0.2, -0.15) is 5.01 Å². The van der Waals surface area contributed by atoms with E-state index >= 15 is 0 Å². The summed E-state index contributed by atoms with van der Waals surface area (Å²) >= 11 is 12.3. The quantitative estimate of drug-likeness (QED) is 0.157. The maximum atomic E-state index is 13.7. The first-order valence-electron chi connectivity index (χ1n) is 12.7. The van der Waals surface area contributed by atoms with Crippen LogP contribution in [-0.2, 0) is 9.59 Å². The summed E-state index contributed by atoms with van der Waals surface area (Å²) < 4.78 is 10.2. The van der Waals surface area contributed by atoms with Crippen LogP contribution in [0, 0.1) is 17.8 Å². The second kappa shape index (κ2) is 11.3. The number of furan rings is 1. The molecule has 206 valence electrons. The molecule has 0 N–H and O–H groups in total. The number of hydrogen-bond acceptors (Lipinski definition) is 7. The lowest BCUT2D eigenvalue weighted by atomic mass is 9.76. The van der Waals surface area contributed by atoms with Gasteiger partial charge in [-0.15, -0.1) is 0 Å². The highest BCUT2D eigenvalue weighted by atomic mass is 35.5. The molecule has 2 heterocycles. The molecule has 11 heteroatoms. The molecule has 1 aliphatic heterocycles. The number of nitrogens with zero attached hydrogens (tertiary/aromatic N) is 2. The van der Waals surface area contributed by atoms with Gasteiger partial charge in [-0.1, -0.05) is 30.1 Å². The Labute approximate surface area is 239 Å². The lowest BCUT2D eigenvalue weighted by molar-refractivity contribution is -0.154. The highest BCUT2D eigenvalue weighted by molar-refractivity contribution is 6.36. The monoisotopic (exact) mass is 582 g/mol. The summed E-state index contributed by atoms with van der Waals surface area (Å²) in [5, 5.41) is 2.00. The van der Waals surface area contributed by atoms with Crippen LogP contribution in [0.15, 0.2) is 65.3 Å². The van der Waals surface area contributed by atoms with E-state index in [9.17, 15) is 24.0 Å². The summed E-state index contributed by atoms with van der Waals surface area (Å²) in [6.45, 7) is 1.42. The first-order chi connectivity index (χ1) is 19.1. The lowest BCUT2D eigenvalue weighted by Gasteiger charge is -2.30. The van der Waals surface area contributed by atoms with Gasteiger partial charge in [0, 0.05) is 10.6 Å². The second-order valence-electron chi connectivity index (χ2n) is 9.92. The standard InChI is InChI=1S/C29H24Cl2N2O7/c1-16-4-10-20-22(13-16)28(37)33(27(20)36)32(26(35)21-11-7-18(30)14-23(21)31)15-24(34)17-5-8-19(9-6-17)40-29(38)25-3-2-12-39-25/h2-3,5-9,11-12,14,16,20,22H,4,10,13,15H2,1H3/t16-,20-,22-/m1/s1. The number of fused-ring (bicyclic) bond motifs is 1. The Morgan fingerprint density at radius 1 is 1.00 bits per heavy atom. The predicted octanol–water partition coefficient (Wildman–Crippen LogP) is 5.47. The number of halogens is 2. The van der Waals surface area contributed by atoms with Crippen LogP contribution in [0.1, 0.15) is 57.5 Å². The third-order valence-corrected chi connectivity index (χ3v) is 7.75. The lowest BCUT2D eigenvalue weighted by Crippen LogP contribution is -2.52. The maximum absolute atomic E-state index is 13.7. The van der Waals surface area contributed by atoms with E-state index in [1.807, 2.05) is 6.92 Å². The Bertz CT molecular complexity index is 1490. The van der Waals surface area contributed by atoms with E-state index in [1.165, 1.54) is 54.8 Å². The van der Waals surface area contributed by atoms with Crippen LogP contribution in [0.25, 0.3) is 0 Å². The van der Waals surface area contributed by atoms with E-state index in [0.29, 0.717) is 17.9 Å². The molecule has 1 saturated carbocycles. The molecule has 3 amide bonds. The molecule has 9 nitrogen and oxygen atoms in total. The van der Waals surface area contributed by atoms with Crippen molar-refractivity contribution in [1.82, 2.24) is 10.0 Å². The average Bonchev–Trinajstić information content (AvgIpc) is 3.55. The fraction of sp³-hybridized carbons (Fsp3) is 0.276. The van der Waals surface area contributed by atoms with Crippen LogP contribution in [0.5, 0.6) is 5.75 Å². The zero-order valence-electron chi connectivity index (χ0n) is 21.3. The van der Waals surface area contributed by atoms with Crippen LogP contribution in [0.3, 0.4) is 0 Å². The zero-order chi connectivity index (χ0) is 28.6. The Kier molecular flexibility index (Phi) is 7.78. The number of ether oxygens (including phenoxy) is 1. The summed E-state index contributed by atoms with van der Waals surface area (Å²) in [4.78, 5) is 66.1. The molecule has 0 radical (unpaired) electrons. The number of amides is 3. The number of carbonyl (C=O) groups excluding carboxylic acids is 5. The minimum Gasteiger partial charge on any atom is -0.457 e. The molecule has 40 heavy (non-hydrogen) atoms. The zero-order valence-corrected chi connectivity index (χ0v) is 22.9. The van der Waals surface area contributed by atoms with Crippen LogP contribution >= 0.6 is 23.2 Å².